The van der Waals surface area contributed by atoms with Crippen molar-refractivity contribution in [1.29, 1.82) is 0 Å². The highest BCUT2D eigenvalue weighted by Gasteiger charge is 2.38. The lowest BCUT2D eigenvalue weighted by atomic mass is 9.87. The zero-order valence-corrected chi connectivity index (χ0v) is 13.6. The number of benzene rings is 1. The van der Waals surface area contributed by atoms with E-state index in [1.807, 2.05) is 0 Å². The van der Waals surface area contributed by atoms with Gasteiger partial charge in [0, 0.05) is 16.5 Å². The van der Waals surface area contributed by atoms with Crippen LogP contribution in [0, 0.1) is 0 Å². The lowest BCUT2D eigenvalue weighted by molar-refractivity contribution is -0.129. The average molecular weight is 314 g/mol. The number of carbonyl (C=O) groups is 1. The molecule has 1 fully saturated rings. The molecule has 1 aliphatic heterocycles. The van der Waals surface area contributed by atoms with Gasteiger partial charge in [0.05, 0.1) is 5.54 Å². The minimum absolute atomic E-state index is 0.228. The minimum atomic E-state index is -0.387. The number of ketones is 1. The maximum atomic E-state index is 12.8. The van der Waals surface area contributed by atoms with Crippen LogP contribution in [0.2, 0.25) is 10.0 Å². The van der Waals surface area contributed by atoms with Gasteiger partial charge < -0.3 is 0 Å². The maximum Gasteiger partial charge on any atom is 0.157 e. The number of likely N-dealkylation sites (tertiary alicyclic amines) is 1. The van der Waals surface area contributed by atoms with Crippen LogP contribution in [0.3, 0.4) is 0 Å². The molecule has 2 rings (SSSR count). The Morgan fingerprint density at radius 1 is 1.30 bits per heavy atom. The van der Waals surface area contributed by atoms with E-state index < -0.39 is 0 Å². The summed E-state index contributed by atoms with van der Waals surface area (Å²) >= 11 is 12.2. The molecule has 1 heterocycles. The van der Waals surface area contributed by atoms with E-state index in [0.29, 0.717) is 16.5 Å². The van der Waals surface area contributed by atoms with Crippen molar-refractivity contribution in [3.8, 4) is 0 Å². The third-order valence-corrected chi connectivity index (χ3v) is 5.06. The third kappa shape index (κ3) is 3.19. The molecule has 1 aliphatic rings. The summed E-state index contributed by atoms with van der Waals surface area (Å²) in [5.41, 5.74) is 0.435. The van der Waals surface area contributed by atoms with Gasteiger partial charge in [0.2, 0.25) is 0 Å². The molecule has 1 atom stereocenters. The van der Waals surface area contributed by atoms with Crippen LogP contribution >= 0.6 is 23.2 Å². The largest absolute Gasteiger partial charge is 0.297 e. The fourth-order valence-corrected chi connectivity index (χ4v) is 3.23. The Morgan fingerprint density at radius 2 is 1.95 bits per heavy atom. The molecule has 1 saturated heterocycles. The second-order valence-corrected chi connectivity index (χ2v) is 6.50. The molecule has 0 aliphatic carbocycles. The number of nitrogens with zero attached hydrogens (tertiary/aromatic N) is 1. The smallest absolute Gasteiger partial charge is 0.157 e. The van der Waals surface area contributed by atoms with Gasteiger partial charge in [-0.25, -0.2) is 0 Å². The molecule has 0 bridgehead atoms. The van der Waals surface area contributed by atoms with E-state index in [4.69, 9.17) is 23.2 Å². The summed E-state index contributed by atoms with van der Waals surface area (Å²) in [6.45, 7) is 6.16. The van der Waals surface area contributed by atoms with Gasteiger partial charge in [-0.1, -0.05) is 30.1 Å². The van der Waals surface area contributed by atoms with Crippen molar-refractivity contribution >= 4 is 29.0 Å². The Labute approximate surface area is 131 Å². The number of halogens is 2. The Balaban J connectivity index is 2.18. The van der Waals surface area contributed by atoms with Gasteiger partial charge in [0.25, 0.3) is 0 Å². The molecule has 20 heavy (non-hydrogen) atoms. The summed E-state index contributed by atoms with van der Waals surface area (Å²) in [6, 6.07) is 5.30. The van der Waals surface area contributed by atoms with Crippen LogP contribution in [0.1, 0.15) is 38.7 Å². The zero-order valence-electron chi connectivity index (χ0n) is 12.1. The van der Waals surface area contributed by atoms with Crippen molar-refractivity contribution in [2.75, 3.05) is 13.1 Å². The molecule has 0 amide bonds. The van der Waals surface area contributed by atoms with Crippen molar-refractivity contribution in [3.63, 3.8) is 0 Å². The Hall–Kier alpha value is -0.570. The first-order valence-electron chi connectivity index (χ1n) is 7.19. The number of carbonyl (C=O) groups excluding carboxylic acids is 1. The van der Waals surface area contributed by atoms with Crippen LogP contribution in [0.4, 0.5) is 0 Å². The normalized spacial score (nSPS) is 19.0. The summed E-state index contributed by atoms with van der Waals surface area (Å²) in [6.07, 6.45) is 3.53. The lowest BCUT2D eigenvalue weighted by Crippen LogP contribution is -2.51. The Kier molecular flexibility index (Phi) is 5.11. The van der Waals surface area contributed by atoms with Crippen molar-refractivity contribution in [2.24, 2.45) is 0 Å². The molecule has 110 valence electrons. The number of Topliss-reactive ketones (excluding diaryl/α,β-unsaturated/α-hetero) is 1. The van der Waals surface area contributed by atoms with Gasteiger partial charge in [-0.2, -0.15) is 0 Å². The average Bonchev–Trinajstić information content (AvgIpc) is 2.96. The standard InChI is InChI=1S/C16H21Cl2NO/c1-3-16(2,19-8-4-5-9-19)15(20)11-12-10-13(17)6-7-14(12)18/h6-7,10H,3-5,8-9,11H2,1-2H3. The van der Waals surface area contributed by atoms with Crippen LogP contribution in [0.25, 0.3) is 0 Å². The van der Waals surface area contributed by atoms with Gasteiger partial charge >= 0.3 is 0 Å². The second kappa shape index (κ2) is 6.46. The molecule has 0 spiro atoms. The molecule has 1 aromatic carbocycles. The molecular formula is C16H21Cl2NO. The number of hydrogen-bond acceptors (Lipinski definition) is 2. The Bertz CT molecular complexity index is 497. The zero-order chi connectivity index (χ0) is 14.8. The molecular weight excluding hydrogens is 293 g/mol. The van der Waals surface area contributed by atoms with Crippen LogP contribution in [0.5, 0.6) is 0 Å². The first-order valence-corrected chi connectivity index (χ1v) is 7.95. The molecule has 0 N–H and O–H groups in total. The molecule has 0 aromatic heterocycles. The fraction of sp³-hybridized carbons (Fsp3) is 0.562. The summed E-state index contributed by atoms with van der Waals surface area (Å²) in [5.74, 6) is 0.228. The van der Waals surface area contributed by atoms with Gasteiger partial charge in [0.15, 0.2) is 5.78 Å². The van der Waals surface area contributed by atoms with E-state index in [1.165, 1.54) is 12.8 Å². The highest BCUT2D eigenvalue weighted by Crippen LogP contribution is 2.29. The number of hydrogen-bond donors (Lipinski definition) is 0. The van der Waals surface area contributed by atoms with Gasteiger partial charge in [-0.3, -0.25) is 9.69 Å². The van der Waals surface area contributed by atoms with Crippen molar-refractivity contribution in [2.45, 2.75) is 45.1 Å². The maximum absolute atomic E-state index is 12.8. The van der Waals surface area contributed by atoms with Crippen LogP contribution < -0.4 is 0 Å². The predicted octanol–water partition coefficient (Wildman–Crippen LogP) is 4.37. The van der Waals surface area contributed by atoms with Crippen LogP contribution in [-0.4, -0.2) is 29.3 Å². The van der Waals surface area contributed by atoms with Crippen LogP contribution in [0.15, 0.2) is 18.2 Å². The predicted molar refractivity (Wildman–Crippen MR) is 84.7 cm³/mol. The van der Waals surface area contributed by atoms with Gasteiger partial charge in [0.1, 0.15) is 0 Å². The van der Waals surface area contributed by atoms with E-state index in [0.717, 1.165) is 25.1 Å². The second-order valence-electron chi connectivity index (χ2n) is 5.66. The van der Waals surface area contributed by atoms with Crippen molar-refractivity contribution < 1.29 is 4.79 Å². The topological polar surface area (TPSA) is 20.3 Å². The first kappa shape index (κ1) is 15.8. The molecule has 1 aromatic rings. The van der Waals surface area contributed by atoms with Crippen molar-refractivity contribution in [3.05, 3.63) is 33.8 Å². The Morgan fingerprint density at radius 3 is 2.55 bits per heavy atom. The van der Waals surface area contributed by atoms with E-state index in [-0.39, 0.29) is 11.3 Å². The quantitative estimate of drug-likeness (QED) is 0.804. The molecule has 2 nitrogen and oxygen atoms in total. The summed E-state index contributed by atoms with van der Waals surface area (Å²) < 4.78 is 0. The molecule has 4 heteroatoms. The van der Waals surface area contributed by atoms with Crippen LogP contribution in [-0.2, 0) is 11.2 Å². The van der Waals surface area contributed by atoms with E-state index >= 15 is 0 Å². The van der Waals surface area contributed by atoms with E-state index in [1.54, 1.807) is 18.2 Å². The molecule has 1 unspecified atom stereocenters. The molecule has 0 radical (unpaired) electrons. The lowest BCUT2D eigenvalue weighted by Gasteiger charge is -2.36. The van der Waals surface area contributed by atoms with E-state index in [2.05, 4.69) is 18.7 Å². The third-order valence-electron chi connectivity index (χ3n) is 4.45. The SMILES string of the molecule is CCC(C)(C(=O)Cc1cc(Cl)ccc1Cl)N1CCCC1. The monoisotopic (exact) mass is 313 g/mol. The summed E-state index contributed by atoms with van der Waals surface area (Å²) in [5, 5.41) is 1.24. The summed E-state index contributed by atoms with van der Waals surface area (Å²) in [7, 11) is 0. The highest BCUT2D eigenvalue weighted by atomic mass is 35.5. The fourth-order valence-electron chi connectivity index (χ4n) is 2.85. The van der Waals surface area contributed by atoms with Gasteiger partial charge in [-0.05, 0) is 63.0 Å². The first-order chi connectivity index (χ1) is 9.47. The summed E-state index contributed by atoms with van der Waals surface area (Å²) in [4.78, 5) is 15.1. The highest BCUT2D eigenvalue weighted by molar-refractivity contribution is 6.33. The minimum Gasteiger partial charge on any atom is -0.297 e. The number of rotatable bonds is 5. The molecule has 0 saturated carbocycles. The van der Waals surface area contributed by atoms with Crippen molar-refractivity contribution in [1.82, 2.24) is 4.90 Å². The van der Waals surface area contributed by atoms with E-state index in [9.17, 15) is 4.79 Å². The van der Waals surface area contributed by atoms with Gasteiger partial charge in [-0.15, -0.1) is 0 Å².